The Morgan fingerprint density at radius 3 is 2.52 bits per heavy atom. The van der Waals surface area contributed by atoms with Crippen LogP contribution in [0.25, 0.3) is 11.1 Å². The van der Waals surface area contributed by atoms with Crippen LogP contribution in [-0.2, 0) is 4.74 Å². The predicted molar refractivity (Wildman–Crippen MR) is 94.7 cm³/mol. The van der Waals surface area contributed by atoms with E-state index in [1.54, 1.807) is 6.07 Å². The molecule has 3 rings (SSSR count). The highest BCUT2D eigenvalue weighted by Crippen LogP contribution is 2.29. The van der Waals surface area contributed by atoms with Crippen molar-refractivity contribution in [1.29, 1.82) is 0 Å². The van der Waals surface area contributed by atoms with Gasteiger partial charge in [-0.3, -0.25) is 0 Å². The molecule has 1 aliphatic carbocycles. The Kier molecular flexibility index (Phi) is 6.03. The Hall–Kier alpha value is -1.94. The zero-order valence-corrected chi connectivity index (χ0v) is 14.5. The van der Waals surface area contributed by atoms with Crippen molar-refractivity contribution in [3.05, 3.63) is 54.1 Å². The summed E-state index contributed by atoms with van der Waals surface area (Å²) in [4.78, 5) is 0. The summed E-state index contributed by atoms with van der Waals surface area (Å²) in [5, 5.41) is 0. The molecule has 1 fully saturated rings. The fraction of sp³-hybridized carbons (Fsp3) is 0.429. The van der Waals surface area contributed by atoms with Crippen LogP contribution in [0.4, 0.5) is 8.78 Å². The second-order valence-electron chi connectivity index (χ2n) is 6.56. The first-order chi connectivity index (χ1) is 12.2. The van der Waals surface area contributed by atoms with E-state index in [9.17, 15) is 8.78 Å². The molecule has 2 aromatic rings. The van der Waals surface area contributed by atoms with Crippen molar-refractivity contribution in [2.45, 2.75) is 38.7 Å². The largest absolute Gasteiger partial charge is 0.493 e. The Morgan fingerprint density at radius 2 is 1.80 bits per heavy atom. The van der Waals surface area contributed by atoms with Crippen molar-refractivity contribution in [3.63, 3.8) is 0 Å². The first-order valence-corrected chi connectivity index (χ1v) is 8.95. The standard InChI is InChI=1S/C21H24F2O2/c1-2-24-18-9-6-15(7-10-18)14-25-19-5-3-4-16(12-19)20-11-8-17(22)13-21(20)23/h3-5,8,11-13,15,18H,2,6-7,9-10,14H2,1H3. The molecule has 2 aromatic carbocycles. The average Bonchev–Trinajstić information content (AvgIpc) is 2.62. The fourth-order valence-electron chi connectivity index (χ4n) is 3.39. The molecule has 0 N–H and O–H groups in total. The predicted octanol–water partition coefficient (Wildman–Crippen LogP) is 5.61. The van der Waals surface area contributed by atoms with Gasteiger partial charge in [-0.25, -0.2) is 8.78 Å². The molecule has 134 valence electrons. The van der Waals surface area contributed by atoms with E-state index in [-0.39, 0.29) is 0 Å². The van der Waals surface area contributed by atoms with Gasteiger partial charge < -0.3 is 9.47 Å². The van der Waals surface area contributed by atoms with Crippen molar-refractivity contribution in [2.75, 3.05) is 13.2 Å². The van der Waals surface area contributed by atoms with Crippen LogP contribution in [0.3, 0.4) is 0 Å². The molecule has 0 atom stereocenters. The van der Waals surface area contributed by atoms with Crippen LogP contribution in [0.1, 0.15) is 32.6 Å². The Labute approximate surface area is 147 Å². The number of hydrogen-bond acceptors (Lipinski definition) is 2. The van der Waals surface area contributed by atoms with Gasteiger partial charge in [0, 0.05) is 18.2 Å². The van der Waals surface area contributed by atoms with Gasteiger partial charge >= 0.3 is 0 Å². The third kappa shape index (κ3) is 4.79. The summed E-state index contributed by atoms with van der Waals surface area (Å²) < 4.78 is 38.6. The molecule has 2 nitrogen and oxygen atoms in total. The molecule has 4 heteroatoms. The van der Waals surface area contributed by atoms with Gasteiger partial charge in [0.1, 0.15) is 17.4 Å². The first kappa shape index (κ1) is 17.9. The second-order valence-corrected chi connectivity index (χ2v) is 6.56. The summed E-state index contributed by atoms with van der Waals surface area (Å²) in [6.45, 7) is 3.47. The SMILES string of the molecule is CCOC1CCC(COc2cccc(-c3ccc(F)cc3F)c2)CC1. The van der Waals surface area contributed by atoms with Crippen LogP contribution >= 0.6 is 0 Å². The van der Waals surface area contributed by atoms with Gasteiger partial charge in [-0.05, 0) is 68.4 Å². The summed E-state index contributed by atoms with van der Waals surface area (Å²) in [5.41, 5.74) is 1.07. The van der Waals surface area contributed by atoms with Gasteiger partial charge in [0.05, 0.1) is 12.7 Å². The monoisotopic (exact) mass is 346 g/mol. The Morgan fingerprint density at radius 1 is 1.00 bits per heavy atom. The van der Waals surface area contributed by atoms with Crippen LogP contribution in [0.5, 0.6) is 5.75 Å². The minimum absolute atomic E-state index is 0.379. The highest BCUT2D eigenvalue weighted by atomic mass is 19.1. The maximum Gasteiger partial charge on any atom is 0.133 e. The van der Waals surface area contributed by atoms with Crippen molar-refractivity contribution in [2.24, 2.45) is 5.92 Å². The van der Waals surface area contributed by atoms with E-state index in [2.05, 4.69) is 0 Å². The summed E-state index contributed by atoms with van der Waals surface area (Å²) >= 11 is 0. The van der Waals surface area contributed by atoms with E-state index in [1.165, 1.54) is 12.1 Å². The van der Waals surface area contributed by atoms with Gasteiger partial charge in [-0.15, -0.1) is 0 Å². The molecule has 25 heavy (non-hydrogen) atoms. The first-order valence-electron chi connectivity index (χ1n) is 8.95. The quantitative estimate of drug-likeness (QED) is 0.677. The molecule has 1 saturated carbocycles. The van der Waals surface area contributed by atoms with Crippen molar-refractivity contribution in [1.82, 2.24) is 0 Å². The van der Waals surface area contributed by atoms with Gasteiger partial charge in [-0.1, -0.05) is 12.1 Å². The average molecular weight is 346 g/mol. The van der Waals surface area contributed by atoms with E-state index >= 15 is 0 Å². The lowest BCUT2D eigenvalue weighted by Crippen LogP contribution is -2.25. The summed E-state index contributed by atoms with van der Waals surface area (Å²) in [5.74, 6) is 0.110. The van der Waals surface area contributed by atoms with E-state index in [0.717, 1.165) is 38.4 Å². The lowest BCUT2D eigenvalue weighted by Gasteiger charge is -2.28. The molecular weight excluding hydrogens is 322 g/mol. The maximum atomic E-state index is 14.0. The number of rotatable bonds is 6. The number of ether oxygens (including phenoxy) is 2. The molecule has 0 spiro atoms. The zero-order valence-electron chi connectivity index (χ0n) is 14.5. The van der Waals surface area contributed by atoms with Crippen LogP contribution < -0.4 is 4.74 Å². The molecule has 0 saturated heterocycles. The highest BCUT2D eigenvalue weighted by molar-refractivity contribution is 5.65. The van der Waals surface area contributed by atoms with Crippen molar-refractivity contribution < 1.29 is 18.3 Å². The summed E-state index contributed by atoms with van der Waals surface area (Å²) in [7, 11) is 0. The smallest absolute Gasteiger partial charge is 0.133 e. The molecule has 0 amide bonds. The van der Waals surface area contributed by atoms with E-state index in [0.29, 0.717) is 35.5 Å². The van der Waals surface area contributed by atoms with E-state index in [4.69, 9.17) is 9.47 Å². The van der Waals surface area contributed by atoms with E-state index in [1.807, 2.05) is 25.1 Å². The second kappa shape index (κ2) is 8.43. The number of hydrogen-bond donors (Lipinski definition) is 0. The van der Waals surface area contributed by atoms with Gasteiger partial charge in [0.2, 0.25) is 0 Å². The molecule has 0 heterocycles. The molecule has 0 bridgehead atoms. The van der Waals surface area contributed by atoms with Crippen LogP contribution in [0.15, 0.2) is 42.5 Å². The van der Waals surface area contributed by atoms with Crippen LogP contribution in [-0.4, -0.2) is 19.3 Å². The van der Waals surface area contributed by atoms with Gasteiger partial charge in [0.15, 0.2) is 0 Å². The van der Waals surface area contributed by atoms with Gasteiger partial charge in [-0.2, -0.15) is 0 Å². The fourth-order valence-corrected chi connectivity index (χ4v) is 3.39. The van der Waals surface area contributed by atoms with E-state index < -0.39 is 11.6 Å². The zero-order chi connectivity index (χ0) is 17.6. The lowest BCUT2D eigenvalue weighted by molar-refractivity contribution is 0.0199. The topological polar surface area (TPSA) is 18.5 Å². The minimum atomic E-state index is -0.573. The number of halogens is 2. The Balaban J connectivity index is 1.59. The van der Waals surface area contributed by atoms with Crippen molar-refractivity contribution in [3.8, 4) is 16.9 Å². The third-order valence-electron chi connectivity index (χ3n) is 4.76. The van der Waals surface area contributed by atoms with Crippen molar-refractivity contribution >= 4 is 0 Å². The van der Waals surface area contributed by atoms with Crippen LogP contribution in [0, 0.1) is 17.6 Å². The highest BCUT2D eigenvalue weighted by Gasteiger charge is 2.21. The number of benzene rings is 2. The summed E-state index contributed by atoms with van der Waals surface area (Å²) in [6, 6.07) is 10.9. The third-order valence-corrected chi connectivity index (χ3v) is 4.76. The lowest BCUT2D eigenvalue weighted by atomic mass is 9.88. The summed E-state index contributed by atoms with van der Waals surface area (Å²) in [6.07, 6.45) is 4.78. The molecule has 0 radical (unpaired) electrons. The molecule has 0 unspecified atom stereocenters. The van der Waals surface area contributed by atoms with Crippen LogP contribution in [0.2, 0.25) is 0 Å². The molecule has 1 aliphatic rings. The Bertz CT molecular complexity index is 694. The molecule has 0 aliphatic heterocycles. The molecular formula is C21H24F2O2. The maximum absolute atomic E-state index is 14.0. The minimum Gasteiger partial charge on any atom is -0.493 e. The van der Waals surface area contributed by atoms with Gasteiger partial charge in [0.25, 0.3) is 0 Å². The normalized spacial score (nSPS) is 20.4. The molecule has 0 aromatic heterocycles.